The first-order valence-electron chi connectivity index (χ1n) is 8.72. The van der Waals surface area contributed by atoms with E-state index in [-0.39, 0.29) is 5.75 Å². The number of morpholine rings is 1. The van der Waals surface area contributed by atoms with E-state index in [1.165, 1.54) is 4.31 Å². The van der Waals surface area contributed by atoms with Crippen LogP contribution in [-0.2, 0) is 33.6 Å². The van der Waals surface area contributed by atoms with Crippen molar-refractivity contribution in [2.75, 3.05) is 26.3 Å². The lowest BCUT2D eigenvalue weighted by Crippen LogP contribution is -2.41. The van der Waals surface area contributed by atoms with Crippen LogP contribution in [-0.4, -0.2) is 44.2 Å². The number of hydrogen-bond donors (Lipinski definition) is 1. The number of ether oxygens (including phenoxy) is 1. The highest BCUT2D eigenvalue weighted by atomic mass is 32.2. The summed E-state index contributed by atoms with van der Waals surface area (Å²) >= 11 is 0. The number of rotatable bonds is 7. The third-order valence-corrected chi connectivity index (χ3v) is 6.45. The number of nitrogens with one attached hydrogen (secondary N) is 1. The van der Waals surface area contributed by atoms with E-state index in [0.29, 0.717) is 39.4 Å². The summed E-state index contributed by atoms with van der Waals surface area (Å²) in [7, 11) is -3.34. The molecule has 2 heterocycles. The van der Waals surface area contributed by atoms with Gasteiger partial charge in [0.2, 0.25) is 10.0 Å². The van der Waals surface area contributed by atoms with Crippen LogP contribution in [0.3, 0.4) is 0 Å². The van der Waals surface area contributed by atoms with Gasteiger partial charge in [0.25, 0.3) is 0 Å². The highest BCUT2D eigenvalue weighted by molar-refractivity contribution is 7.88. The fourth-order valence-electron chi connectivity index (χ4n) is 3.06. The molecular weight excluding hydrogens is 354 g/mol. The first-order valence-corrected chi connectivity index (χ1v) is 10.3. The predicted molar refractivity (Wildman–Crippen MR) is 98.0 cm³/mol. The van der Waals surface area contributed by atoms with Gasteiger partial charge >= 0.3 is 0 Å². The normalized spacial score (nSPS) is 16.1. The monoisotopic (exact) mass is 379 g/mol. The molecule has 1 N–H and O–H groups in total. The van der Waals surface area contributed by atoms with E-state index in [9.17, 15) is 8.42 Å². The van der Waals surface area contributed by atoms with Gasteiger partial charge in [0.15, 0.2) is 0 Å². The first-order chi connectivity index (χ1) is 12.5. The Hall–Kier alpha value is -1.74. The van der Waals surface area contributed by atoms with Crippen LogP contribution in [0.15, 0.2) is 28.8 Å². The van der Waals surface area contributed by atoms with Crippen molar-refractivity contribution in [3.8, 4) is 0 Å². The number of hydrogen-bond acceptors (Lipinski definition) is 6. The second-order valence-corrected chi connectivity index (χ2v) is 8.41. The standard InChI is InChI=1S/C18H25N3O4S/c1-14-18(15(2)25-20-14)12-19-11-16-5-3-4-6-17(16)13-26(22,23)21-7-9-24-10-8-21/h3-6,19H,7-13H2,1-2H3. The fourth-order valence-corrected chi connectivity index (χ4v) is 4.62. The van der Waals surface area contributed by atoms with Crippen molar-refractivity contribution >= 4 is 10.0 Å². The highest BCUT2D eigenvalue weighted by Crippen LogP contribution is 2.17. The Bertz CT molecular complexity index is 822. The van der Waals surface area contributed by atoms with Gasteiger partial charge in [0, 0.05) is 31.7 Å². The average molecular weight is 379 g/mol. The Morgan fingerprint density at radius 2 is 1.81 bits per heavy atom. The zero-order chi connectivity index (χ0) is 18.6. The van der Waals surface area contributed by atoms with Crippen LogP contribution in [0, 0.1) is 13.8 Å². The van der Waals surface area contributed by atoms with Gasteiger partial charge < -0.3 is 14.6 Å². The van der Waals surface area contributed by atoms with E-state index in [1.54, 1.807) is 0 Å². The number of aromatic nitrogens is 1. The quantitative estimate of drug-likeness (QED) is 0.789. The van der Waals surface area contributed by atoms with E-state index in [1.807, 2.05) is 38.1 Å². The largest absolute Gasteiger partial charge is 0.379 e. The molecule has 1 aromatic carbocycles. The Kier molecular flexibility index (Phi) is 6.08. The van der Waals surface area contributed by atoms with Crippen molar-refractivity contribution in [1.29, 1.82) is 0 Å². The van der Waals surface area contributed by atoms with Gasteiger partial charge in [0.05, 0.1) is 24.7 Å². The van der Waals surface area contributed by atoms with Crippen molar-refractivity contribution in [2.24, 2.45) is 0 Å². The van der Waals surface area contributed by atoms with E-state index in [2.05, 4.69) is 10.5 Å². The van der Waals surface area contributed by atoms with Crippen LogP contribution in [0.25, 0.3) is 0 Å². The molecule has 0 radical (unpaired) electrons. The molecule has 1 aliphatic heterocycles. The topological polar surface area (TPSA) is 84.7 Å². The van der Waals surface area contributed by atoms with Crippen LogP contribution in [0.4, 0.5) is 0 Å². The summed E-state index contributed by atoms with van der Waals surface area (Å²) in [5.41, 5.74) is 3.72. The van der Waals surface area contributed by atoms with Gasteiger partial charge in [-0.25, -0.2) is 8.42 Å². The molecule has 1 saturated heterocycles. The second kappa shape index (κ2) is 8.30. The van der Waals surface area contributed by atoms with Crippen molar-refractivity contribution in [3.63, 3.8) is 0 Å². The van der Waals surface area contributed by atoms with Crippen molar-refractivity contribution in [1.82, 2.24) is 14.8 Å². The van der Waals surface area contributed by atoms with Crippen molar-refractivity contribution < 1.29 is 17.7 Å². The molecule has 1 fully saturated rings. The summed E-state index contributed by atoms with van der Waals surface area (Å²) in [6.07, 6.45) is 0. The second-order valence-electron chi connectivity index (χ2n) is 6.44. The maximum absolute atomic E-state index is 12.7. The molecule has 2 aromatic rings. The Morgan fingerprint density at radius 1 is 1.12 bits per heavy atom. The summed E-state index contributed by atoms with van der Waals surface area (Å²) in [6, 6.07) is 7.65. The van der Waals surface area contributed by atoms with E-state index >= 15 is 0 Å². The maximum Gasteiger partial charge on any atom is 0.218 e. The van der Waals surface area contributed by atoms with Gasteiger partial charge in [-0.15, -0.1) is 0 Å². The van der Waals surface area contributed by atoms with Crippen molar-refractivity contribution in [2.45, 2.75) is 32.7 Å². The number of benzene rings is 1. The number of nitrogens with zero attached hydrogens (tertiary/aromatic N) is 2. The van der Waals surface area contributed by atoms with Gasteiger partial charge in [-0.3, -0.25) is 0 Å². The maximum atomic E-state index is 12.7. The summed E-state index contributed by atoms with van der Waals surface area (Å²) in [4.78, 5) is 0. The molecule has 0 aliphatic carbocycles. The van der Waals surface area contributed by atoms with Gasteiger partial charge in [-0.1, -0.05) is 29.4 Å². The first kappa shape index (κ1) is 19.0. The lowest BCUT2D eigenvalue weighted by Gasteiger charge is -2.26. The molecule has 8 heteroatoms. The zero-order valence-electron chi connectivity index (χ0n) is 15.2. The molecule has 0 saturated carbocycles. The molecule has 1 aliphatic rings. The minimum absolute atomic E-state index is 0.0101. The summed E-state index contributed by atoms with van der Waals surface area (Å²) < 4.78 is 37.3. The molecule has 0 spiro atoms. The Labute approximate surface area is 154 Å². The molecule has 3 rings (SSSR count). The summed E-state index contributed by atoms with van der Waals surface area (Å²) in [5, 5.41) is 7.31. The molecule has 0 unspecified atom stereocenters. The van der Waals surface area contributed by atoms with Gasteiger partial charge in [-0.2, -0.15) is 4.31 Å². The van der Waals surface area contributed by atoms with Crippen LogP contribution < -0.4 is 5.32 Å². The Morgan fingerprint density at radius 3 is 2.46 bits per heavy atom. The van der Waals surface area contributed by atoms with E-state index in [4.69, 9.17) is 9.26 Å². The number of sulfonamides is 1. The molecular formula is C18H25N3O4S. The molecule has 7 nitrogen and oxygen atoms in total. The lowest BCUT2D eigenvalue weighted by molar-refractivity contribution is 0.0729. The third kappa shape index (κ3) is 4.50. The van der Waals surface area contributed by atoms with Crippen LogP contribution in [0.1, 0.15) is 28.1 Å². The minimum Gasteiger partial charge on any atom is -0.379 e. The van der Waals surface area contributed by atoms with Crippen molar-refractivity contribution in [3.05, 3.63) is 52.4 Å². The molecule has 26 heavy (non-hydrogen) atoms. The van der Waals surface area contributed by atoms with Crippen LogP contribution in [0.2, 0.25) is 0 Å². The van der Waals surface area contributed by atoms with Crippen LogP contribution >= 0.6 is 0 Å². The average Bonchev–Trinajstić information content (AvgIpc) is 2.95. The molecule has 0 atom stereocenters. The lowest BCUT2D eigenvalue weighted by atomic mass is 10.1. The smallest absolute Gasteiger partial charge is 0.218 e. The van der Waals surface area contributed by atoms with E-state index in [0.717, 1.165) is 28.1 Å². The van der Waals surface area contributed by atoms with Crippen LogP contribution in [0.5, 0.6) is 0 Å². The third-order valence-electron chi connectivity index (χ3n) is 4.62. The molecule has 1 aromatic heterocycles. The minimum atomic E-state index is -3.34. The Balaban J connectivity index is 1.66. The fraction of sp³-hybridized carbons (Fsp3) is 0.500. The number of aryl methyl sites for hydroxylation is 2. The highest BCUT2D eigenvalue weighted by Gasteiger charge is 2.25. The SMILES string of the molecule is Cc1noc(C)c1CNCc1ccccc1CS(=O)(=O)N1CCOCC1. The predicted octanol–water partition coefficient (Wildman–Crippen LogP) is 1.74. The molecule has 142 valence electrons. The summed E-state index contributed by atoms with van der Waals surface area (Å²) in [5.74, 6) is 0.814. The molecule has 0 bridgehead atoms. The molecule has 0 amide bonds. The van der Waals surface area contributed by atoms with E-state index < -0.39 is 10.0 Å². The zero-order valence-corrected chi connectivity index (χ0v) is 16.0. The van der Waals surface area contributed by atoms with Gasteiger partial charge in [0.1, 0.15) is 5.76 Å². The summed E-state index contributed by atoms with van der Waals surface area (Å²) in [6.45, 7) is 6.78. The van der Waals surface area contributed by atoms with Gasteiger partial charge in [-0.05, 0) is 25.0 Å².